The van der Waals surface area contributed by atoms with Crippen LogP contribution in [0.4, 0.5) is 0 Å². The second kappa shape index (κ2) is 7.98. The Morgan fingerprint density at radius 3 is 2.46 bits per heavy atom. The Kier molecular flexibility index (Phi) is 5.27. The third kappa shape index (κ3) is 3.79. The van der Waals surface area contributed by atoms with Crippen molar-refractivity contribution >= 4 is 0 Å². The molecule has 0 N–H and O–H groups in total. The molecule has 2 aromatic rings. The maximum Gasteiger partial charge on any atom is 0.231 e. The van der Waals surface area contributed by atoms with Crippen LogP contribution in [0, 0.1) is 0 Å². The van der Waals surface area contributed by atoms with Gasteiger partial charge in [-0.2, -0.15) is 0 Å². The monoisotopic (exact) mass is 355 g/mol. The summed E-state index contributed by atoms with van der Waals surface area (Å²) in [5.41, 5.74) is 3.68. The average molecular weight is 355 g/mol. The standard InChI is InChI=1S/C21H25NO4/c1-23-18-6-4-16(5-7-18)19-14-21-20(25-15-26-21)13-17(19)3-2-8-22-9-11-24-12-10-22/h4-7,13-14H,2-3,8-12,15H2,1H3. The highest BCUT2D eigenvalue weighted by Gasteiger charge is 2.18. The Balaban J connectivity index is 1.53. The summed E-state index contributed by atoms with van der Waals surface area (Å²) in [4.78, 5) is 2.48. The molecule has 0 unspecified atom stereocenters. The molecule has 2 aliphatic heterocycles. The predicted molar refractivity (Wildman–Crippen MR) is 100 cm³/mol. The van der Waals surface area contributed by atoms with Crippen LogP contribution in [0.1, 0.15) is 12.0 Å². The Morgan fingerprint density at radius 1 is 1.00 bits per heavy atom. The average Bonchev–Trinajstić information content (AvgIpc) is 3.16. The van der Waals surface area contributed by atoms with Crippen LogP contribution >= 0.6 is 0 Å². The molecule has 26 heavy (non-hydrogen) atoms. The van der Waals surface area contributed by atoms with Gasteiger partial charge < -0.3 is 18.9 Å². The van der Waals surface area contributed by atoms with E-state index in [-0.39, 0.29) is 0 Å². The lowest BCUT2D eigenvalue weighted by Gasteiger charge is -2.26. The molecule has 0 radical (unpaired) electrons. The van der Waals surface area contributed by atoms with Crippen molar-refractivity contribution in [1.29, 1.82) is 0 Å². The smallest absolute Gasteiger partial charge is 0.231 e. The lowest BCUT2D eigenvalue weighted by Crippen LogP contribution is -2.36. The van der Waals surface area contributed by atoms with Crippen molar-refractivity contribution in [2.75, 3.05) is 46.8 Å². The van der Waals surface area contributed by atoms with Crippen molar-refractivity contribution in [3.8, 4) is 28.4 Å². The van der Waals surface area contributed by atoms with Crippen LogP contribution in [0.25, 0.3) is 11.1 Å². The van der Waals surface area contributed by atoms with Crippen LogP contribution in [-0.2, 0) is 11.2 Å². The van der Waals surface area contributed by atoms with Gasteiger partial charge in [0.15, 0.2) is 11.5 Å². The van der Waals surface area contributed by atoms with Gasteiger partial charge in [0.05, 0.1) is 20.3 Å². The van der Waals surface area contributed by atoms with Crippen molar-refractivity contribution in [3.63, 3.8) is 0 Å². The Labute approximate surface area is 154 Å². The van der Waals surface area contributed by atoms with Gasteiger partial charge in [0.2, 0.25) is 6.79 Å². The first kappa shape index (κ1) is 17.2. The summed E-state index contributed by atoms with van der Waals surface area (Å²) in [6.07, 6.45) is 2.12. The lowest BCUT2D eigenvalue weighted by atomic mass is 9.95. The summed E-state index contributed by atoms with van der Waals surface area (Å²) < 4.78 is 21.9. The SMILES string of the molecule is COc1ccc(-c2cc3c(cc2CCCN2CCOCC2)OCO3)cc1. The molecule has 0 bridgehead atoms. The van der Waals surface area contributed by atoms with Gasteiger partial charge in [0, 0.05) is 13.1 Å². The summed E-state index contributed by atoms with van der Waals surface area (Å²) in [6, 6.07) is 12.4. The summed E-state index contributed by atoms with van der Waals surface area (Å²) in [6.45, 7) is 5.16. The van der Waals surface area contributed by atoms with Crippen LogP contribution in [0.2, 0.25) is 0 Å². The maximum absolute atomic E-state index is 5.59. The molecule has 2 aliphatic rings. The fraction of sp³-hybridized carbons (Fsp3) is 0.429. The largest absolute Gasteiger partial charge is 0.497 e. The van der Waals surface area contributed by atoms with Crippen molar-refractivity contribution in [3.05, 3.63) is 42.0 Å². The third-order valence-corrected chi connectivity index (χ3v) is 5.02. The lowest BCUT2D eigenvalue weighted by molar-refractivity contribution is 0.0375. The summed E-state index contributed by atoms with van der Waals surface area (Å²) in [7, 11) is 1.69. The maximum atomic E-state index is 5.59. The van der Waals surface area contributed by atoms with Crippen molar-refractivity contribution < 1.29 is 18.9 Å². The molecule has 5 nitrogen and oxygen atoms in total. The molecule has 4 rings (SSSR count). The molecule has 2 aromatic carbocycles. The minimum Gasteiger partial charge on any atom is -0.497 e. The molecular formula is C21H25NO4. The van der Waals surface area contributed by atoms with E-state index in [1.807, 2.05) is 12.1 Å². The molecule has 5 heteroatoms. The number of morpholine rings is 1. The van der Waals surface area contributed by atoms with Crippen molar-refractivity contribution in [2.45, 2.75) is 12.8 Å². The molecule has 0 aliphatic carbocycles. The van der Waals surface area contributed by atoms with E-state index in [1.165, 1.54) is 16.7 Å². The minimum atomic E-state index is 0.300. The highest BCUT2D eigenvalue weighted by Crippen LogP contribution is 2.39. The van der Waals surface area contributed by atoms with Gasteiger partial charge in [-0.15, -0.1) is 0 Å². The van der Waals surface area contributed by atoms with E-state index < -0.39 is 0 Å². The molecule has 0 amide bonds. The van der Waals surface area contributed by atoms with E-state index in [1.54, 1.807) is 7.11 Å². The number of benzene rings is 2. The first-order valence-electron chi connectivity index (χ1n) is 9.20. The van der Waals surface area contributed by atoms with E-state index >= 15 is 0 Å². The first-order chi connectivity index (χ1) is 12.8. The third-order valence-electron chi connectivity index (χ3n) is 5.02. The van der Waals surface area contributed by atoms with Crippen LogP contribution in [0.3, 0.4) is 0 Å². The zero-order valence-electron chi connectivity index (χ0n) is 15.2. The van der Waals surface area contributed by atoms with E-state index in [0.29, 0.717) is 6.79 Å². The topological polar surface area (TPSA) is 40.2 Å². The Bertz CT molecular complexity index is 738. The predicted octanol–water partition coefficient (Wildman–Crippen LogP) is 3.36. The van der Waals surface area contributed by atoms with Crippen LogP contribution < -0.4 is 14.2 Å². The Morgan fingerprint density at radius 2 is 1.73 bits per heavy atom. The quantitative estimate of drug-likeness (QED) is 0.795. The number of hydrogen-bond acceptors (Lipinski definition) is 5. The van der Waals surface area contributed by atoms with Crippen LogP contribution in [0.15, 0.2) is 36.4 Å². The number of rotatable bonds is 6. The number of fused-ring (bicyclic) bond motifs is 1. The fourth-order valence-electron chi connectivity index (χ4n) is 3.55. The number of methoxy groups -OCH3 is 1. The molecule has 0 atom stereocenters. The van der Waals surface area contributed by atoms with Crippen LogP contribution in [0.5, 0.6) is 17.2 Å². The molecule has 0 aromatic heterocycles. The number of nitrogens with zero attached hydrogens (tertiary/aromatic N) is 1. The molecule has 1 fully saturated rings. The molecule has 0 spiro atoms. The Hall–Kier alpha value is -2.24. The second-order valence-corrected chi connectivity index (χ2v) is 6.65. The summed E-state index contributed by atoms with van der Waals surface area (Å²) in [5, 5.41) is 0. The molecule has 1 saturated heterocycles. The van der Waals surface area contributed by atoms with Gasteiger partial charge in [-0.25, -0.2) is 0 Å². The van der Waals surface area contributed by atoms with Crippen molar-refractivity contribution in [1.82, 2.24) is 4.90 Å². The van der Waals surface area contributed by atoms with Gasteiger partial charge in [0.1, 0.15) is 5.75 Å². The molecular weight excluding hydrogens is 330 g/mol. The van der Waals surface area contributed by atoms with Crippen molar-refractivity contribution in [2.24, 2.45) is 0 Å². The van der Waals surface area contributed by atoms with E-state index in [0.717, 1.165) is 62.9 Å². The number of ether oxygens (including phenoxy) is 4. The zero-order valence-corrected chi connectivity index (χ0v) is 15.2. The van der Waals surface area contributed by atoms with Gasteiger partial charge in [-0.1, -0.05) is 12.1 Å². The summed E-state index contributed by atoms with van der Waals surface area (Å²) in [5.74, 6) is 2.54. The minimum absolute atomic E-state index is 0.300. The number of aryl methyl sites for hydroxylation is 1. The highest BCUT2D eigenvalue weighted by molar-refractivity contribution is 5.72. The van der Waals surface area contributed by atoms with Gasteiger partial charge in [0.25, 0.3) is 0 Å². The van der Waals surface area contributed by atoms with E-state index in [4.69, 9.17) is 18.9 Å². The van der Waals surface area contributed by atoms with Gasteiger partial charge >= 0.3 is 0 Å². The van der Waals surface area contributed by atoms with Crippen LogP contribution in [-0.4, -0.2) is 51.7 Å². The van der Waals surface area contributed by atoms with Gasteiger partial charge in [-0.05, 0) is 60.3 Å². The zero-order chi connectivity index (χ0) is 17.8. The number of hydrogen-bond donors (Lipinski definition) is 0. The van der Waals surface area contributed by atoms with Gasteiger partial charge in [-0.3, -0.25) is 4.90 Å². The molecule has 0 saturated carbocycles. The first-order valence-corrected chi connectivity index (χ1v) is 9.20. The second-order valence-electron chi connectivity index (χ2n) is 6.65. The normalized spacial score (nSPS) is 16.7. The highest BCUT2D eigenvalue weighted by atomic mass is 16.7. The van der Waals surface area contributed by atoms with E-state index in [9.17, 15) is 0 Å². The molecule has 138 valence electrons. The molecule has 2 heterocycles. The van der Waals surface area contributed by atoms with E-state index in [2.05, 4.69) is 29.2 Å². The summed E-state index contributed by atoms with van der Waals surface area (Å²) >= 11 is 0. The fourth-order valence-corrected chi connectivity index (χ4v) is 3.55.